The average Bonchev–Trinajstić information content (AvgIpc) is 2.32. The number of hydrogen-bond acceptors (Lipinski definition) is 3. The fraction of sp³-hybridized carbons (Fsp3) is 0.462. The van der Waals surface area contributed by atoms with Crippen molar-refractivity contribution in [2.24, 2.45) is 0 Å². The lowest BCUT2D eigenvalue weighted by Gasteiger charge is -2.27. The number of phenols is 2. The highest BCUT2D eigenvalue weighted by Crippen LogP contribution is 2.29. The van der Waals surface area contributed by atoms with Gasteiger partial charge in [0, 0.05) is 17.9 Å². The molecular weight excluding hydrogens is 298 g/mol. The van der Waals surface area contributed by atoms with E-state index >= 15 is 0 Å². The van der Waals surface area contributed by atoms with E-state index in [9.17, 15) is 15.0 Å². The Morgan fingerprint density at radius 3 is 2.61 bits per heavy atom. The summed E-state index contributed by atoms with van der Waals surface area (Å²) in [5.41, 5.74) is 0.137. The first-order valence-electron chi connectivity index (χ1n) is 5.87. The number of carbonyl (C=O) groups is 1. The van der Waals surface area contributed by atoms with E-state index in [1.165, 1.54) is 12.1 Å². The number of phenolic OH excluding ortho intramolecular Hbond substituents is 2. The predicted octanol–water partition coefficient (Wildman–Crippen LogP) is 2.73. The van der Waals surface area contributed by atoms with Gasteiger partial charge in [-0.25, -0.2) is 0 Å². The molecule has 18 heavy (non-hydrogen) atoms. The Kier molecular flexibility index (Phi) is 5.47. The molecule has 0 unspecified atom stereocenters. The maximum absolute atomic E-state index is 12.3. The minimum absolute atomic E-state index is 0.0401. The molecule has 0 aliphatic carbocycles. The Labute approximate surface area is 115 Å². The number of benzene rings is 1. The Morgan fingerprint density at radius 1 is 1.39 bits per heavy atom. The summed E-state index contributed by atoms with van der Waals surface area (Å²) in [6.07, 6.45) is 0.837. The number of alkyl halides is 1. The molecule has 2 N–H and O–H groups in total. The van der Waals surface area contributed by atoms with Crippen molar-refractivity contribution >= 4 is 21.8 Å². The van der Waals surface area contributed by atoms with Crippen LogP contribution >= 0.6 is 15.9 Å². The van der Waals surface area contributed by atoms with E-state index in [0.717, 1.165) is 11.8 Å². The fourth-order valence-corrected chi connectivity index (χ4v) is 1.93. The van der Waals surface area contributed by atoms with E-state index in [-0.39, 0.29) is 29.0 Å². The zero-order chi connectivity index (χ0) is 13.7. The van der Waals surface area contributed by atoms with Crippen LogP contribution in [0.15, 0.2) is 18.2 Å². The van der Waals surface area contributed by atoms with Crippen LogP contribution in [0.4, 0.5) is 0 Å². The van der Waals surface area contributed by atoms with E-state index in [1.807, 2.05) is 13.8 Å². The third-order valence-electron chi connectivity index (χ3n) is 2.66. The molecule has 0 saturated heterocycles. The van der Waals surface area contributed by atoms with Crippen LogP contribution in [0.5, 0.6) is 11.5 Å². The lowest BCUT2D eigenvalue weighted by atomic mass is 10.1. The molecule has 0 spiro atoms. The van der Waals surface area contributed by atoms with Gasteiger partial charge in [0.25, 0.3) is 5.91 Å². The Bertz CT molecular complexity index is 421. The van der Waals surface area contributed by atoms with Crippen molar-refractivity contribution in [1.29, 1.82) is 0 Å². The molecule has 1 amide bonds. The largest absolute Gasteiger partial charge is 0.504 e. The molecule has 0 aliphatic heterocycles. The van der Waals surface area contributed by atoms with E-state index in [4.69, 9.17) is 0 Å². The predicted molar refractivity (Wildman–Crippen MR) is 74.4 cm³/mol. The lowest BCUT2D eigenvalue weighted by molar-refractivity contribution is 0.0703. The molecule has 0 atom stereocenters. The molecule has 1 aromatic carbocycles. The Balaban J connectivity index is 2.98. The molecular formula is C13H18BrNO3. The van der Waals surface area contributed by atoms with Crippen molar-refractivity contribution in [3.63, 3.8) is 0 Å². The summed E-state index contributed by atoms with van der Waals surface area (Å²) in [7, 11) is 0. The van der Waals surface area contributed by atoms with Crippen molar-refractivity contribution in [2.45, 2.75) is 26.3 Å². The van der Waals surface area contributed by atoms with Gasteiger partial charge < -0.3 is 15.1 Å². The van der Waals surface area contributed by atoms with Gasteiger partial charge in [-0.05, 0) is 32.4 Å². The maximum atomic E-state index is 12.3. The number of hydrogen-bond donors (Lipinski definition) is 2. The van der Waals surface area contributed by atoms with Gasteiger partial charge in [0.1, 0.15) is 0 Å². The lowest BCUT2D eigenvalue weighted by Crippen LogP contribution is -2.37. The van der Waals surface area contributed by atoms with Gasteiger partial charge >= 0.3 is 0 Å². The van der Waals surface area contributed by atoms with Gasteiger partial charge in [-0.1, -0.05) is 22.0 Å². The summed E-state index contributed by atoms with van der Waals surface area (Å²) in [6.45, 7) is 4.45. The molecule has 1 aromatic rings. The number of aromatic hydroxyl groups is 2. The fourth-order valence-electron chi connectivity index (χ4n) is 1.68. The van der Waals surface area contributed by atoms with Gasteiger partial charge in [0.2, 0.25) is 0 Å². The standard InChI is InChI=1S/C13H18BrNO3/c1-9(2)15(8-4-7-14)13(18)10-5-3-6-11(16)12(10)17/h3,5-6,9,16-17H,4,7-8H2,1-2H3. The highest BCUT2D eigenvalue weighted by atomic mass is 79.9. The number of rotatable bonds is 5. The highest BCUT2D eigenvalue weighted by Gasteiger charge is 2.22. The monoisotopic (exact) mass is 315 g/mol. The van der Waals surface area contributed by atoms with Crippen molar-refractivity contribution in [1.82, 2.24) is 4.90 Å². The number of amides is 1. The van der Waals surface area contributed by atoms with Crippen LogP contribution in [0.1, 0.15) is 30.6 Å². The second-order valence-electron chi connectivity index (χ2n) is 4.31. The number of halogens is 1. The Hall–Kier alpha value is -1.23. The van der Waals surface area contributed by atoms with E-state index < -0.39 is 0 Å². The van der Waals surface area contributed by atoms with Gasteiger partial charge in [0.15, 0.2) is 11.5 Å². The van der Waals surface area contributed by atoms with Gasteiger partial charge in [-0.3, -0.25) is 4.79 Å². The van der Waals surface area contributed by atoms with Crippen LogP contribution < -0.4 is 0 Å². The molecule has 100 valence electrons. The topological polar surface area (TPSA) is 60.8 Å². The summed E-state index contributed by atoms with van der Waals surface area (Å²) in [6, 6.07) is 4.45. The minimum atomic E-state index is -0.355. The van der Waals surface area contributed by atoms with Gasteiger partial charge in [-0.15, -0.1) is 0 Å². The summed E-state index contributed by atoms with van der Waals surface area (Å²) in [5, 5.41) is 19.9. The van der Waals surface area contributed by atoms with Crippen LogP contribution in [0.25, 0.3) is 0 Å². The SMILES string of the molecule is CC(C)N(CCCBr)C(=O)c1cccc(O)c1O. The molecule has 0 radical (unpaired) electrons. The first kappa shape index (κ1) is 14.8. The molecule has 5 heteroatoms. The van der Waals surface area contributed by atoms with Crippen LogP contribution in [-0.4, -0.2) is 38.9 Å². The molecule has 0 heterocycles. The minimum Gasteiger partial charge on any atom is -0.504 e. The second kappa shape index (κ2) is 6.64. The number of para-hydroxylation sites is 1. The van der Waals surface area contributed by atoms with Gasteiger partial charge in [0.05, 0.1) is 5.56 Å². The van der Waals surface area contributed by atoms with Crippen molar-refractivity contribution in [2.75, 3.05) is 11.9 Å². The van der Waals surface area contributed by atoms with Crippen molar-refractivity contribution < 1.29 is 15.0 Å². The summed E-state index contributed by atoms with van der Waals surface area (Å²) in [5.74, 6) is -0.892. The van der Waals surface area contributed by atoms with Crippen molar-refractivity contribution in [3.8, 4) is 11.5 Å². The third kappa shape index (κ3) is 3.38. The molecule has 0 saturated carbocycles. The third-order valence-corrected chi connectivity index (χ3v) is 3.22. The van der Waals surface area contributed by atoms with E-state index in [0.29, 0.717) is 6.54 Å². The first-order chi connectivity index (χ1) is 8.49. The van der Waals surface area contributed by atoms with E-state index in [1.54, 1.807) is 11.0 Å². The molecule has 0 fully saturated rings. The average molecular weight is 316 g/mol. The summed E-state index contributed by atoms with van der Waals surface area (Å²) < 4.78 is 0. The van der Waals surface area contributed by atoms with Crippen LogP contribution in [0, 0.1) is 0 Å². The van der Waals surface area contributed by atoms with E-state index in [2.05, 4.69) is 15.9 Å². The zero-order valence-electron chi connectivity index (χ0n) is 10.6. The summed E-state index contributed by atoms with van der Waals surface area (Å²) in [4.78, 5) is 14.0. The number of nitrogens with zero attached hydrogens (tertiary/aromatic N) is 1. The Morgan fingerprint density at radius 2 is 2.06 bits per heavy atom. The smallest absolute Gasteiger partial charge is 0.257 e. The molecule has 1 rings (SSSR count). The second-order valence-corrected chi connectivity index (χ2v) is 5.10. The molecule has 0 aliphatic rings. The first-order valence-corrected chi connectivity index (χ1v) is 6.99. The summed E-state index contributed by atoms with van der Waals surface area (Å²) >= 11 is 3.33. The van der Waals surface area contributed by atoms with Crippen LogP contribution in [0.3, 0.4) is 0 Å². The quantitative estimate of drug-likeness (QED) is 0.648. The van der Waals surface area contributed by atoms with Gasteiger partial charge in [-0.2, -0.15) is 0 Å². The molecule has 0 bridgehead atoms. The molecule has 4 nitrogen and oxygen atoms in total. The zero-order valence-corrected chi connectivity index (χ0v) is 12.1. The number of carbonyl (C=O) groups excluding carboxylic acids is 1. The molecule has 0 aromatic heterocycles. The van der Waals surface area contributed by atoms with Crippen LogP contribution in [-0.2, 0) is 0 Å². The van der Waals surface area contributed by atoms with Crippen LogP contribution in [0.2, 0.25) is 0 Å². The highest BCUT2D eigenvalue weighted by molar-refractivity contribution is 9.09. The maximum Gasteiger partial charge on any atom is 0.257 e. The van der Waals surface area contributed by atoms with Crippen molar-refractivity contribution in [3.05, 3.63) is 23.8 Å². The normalized spacial score (nSPS) is 10.7.